The molecule has 286 valence electrons. The zero-order valence-corrected chi connectivity index (χ0v) is 34.0. The summed E-state index contributed by atoms with van der Waals surface area (Å²) < 4.78 is 0. The first kappa shape index (κ1) is 45.2. The second-order valence-corrected chi connectivity index (χ2v) is 16.7. The van der Waals surface area contributed by atoms with E-state index in [-0.39, 0.29) is 48.8 Å². The third-order valence-corrected chi connectivity index (χ3v) is 12.0. The highest BCUT2D eigenvalue weighted by atomic mass is 35.5. The summed E-state index contributed by atoms with van der Waals surface area (Å²) in [5, 5.41) is 4.21. The quantitative estimate of drug-likeness (QED) is 0.177. The van der Waals surface area contributed by atoms with Gasteiger partial charge in [-0.1, -0.05) is 114 Å². The lowest BCUT2D eigenvalue weighted by Gasteiger charge is -2.36. The number of amides is 1. The van der Waals surface area contributed by atoms with Gasteiger partial charge in [-0.05, 0) is 97.3 Å². The van der Waals surface area contributed by atoms with Crippen LogP contribution in [0.2, 0.25) is 10.0 Å². The molecule has 4 rings (SSSR count). The van der Waals surface area contributed by atoms with E-state index >= 15 is 0 Å². The van der Waals surface area contributed by atoms with E-state index in [0.29, 0.717) is 82.8 Å². The maximum absolute atomic E-state index is 13.1. The van der Waals surface area contributed by atoms with Gasteiger partial charge in [-0.15, -0.1) is 12.4 Å². The molecule has 6 nitrogen and oxygen atoms in total. The van der Waals surface area contributed by atoms with Crippen LogP contribution in [0.4, 0.5) is 0 Å². The minimum Gasteiger partial charge on any atom is -0.348 e. The number of benzene rings is 2. The van der Waals surface area contributed by atoms with Gasteiger partial charge in [0.1, 0.15) is 11.6 Å². The van der Waals surface area contributed by atoms with Crippen LogP contribution in [0.1, 0.15) is 129 Å². The Kier molecular flexibility index (Phi) is 19.8. The fraction of sp³-hybridized carbons (Fsp3) is 0.643. The number of carbonyl (C=O) groups is 3. The molecule has 0 aliphatic heterocycles. The van der Waals surface area contributed by atoms with E-state index in [2.05, 4.69) is 46.9 Å². The first-order valence-electron chi connectivity index (χ1n) is 19.0. The summed E-state index contributed by atoms with van der Waals surface area (Å²) in [6.45, 7) is 13.4. The van der Waals surface area contributed by atoms with Crippen molar-refractivity contribution in [2.24, 2.45) is 58.8 Å². The van der Waals surface area contributed by atoms with Crippen LogP contribution in [-0.2, 0) is 14.4 Å². The zero-order chi connectivity index (χ0) is 37.0. The summed E-state index contributed by atoms with van der Waals surface area (Å²) in [5.41, 5.74) is 13.5. The number of Topliss-reactive ketones (excluding diaryl/α,β-unsaturated/α-hetero) is 2. The molecule has 2 fully saturated rings. The van der Waals surface area contributed by atoms with Crippen molar-refractivity contribution in [3.63, 3.8) is 0 Å². The average Bonchev–Trinajstić information content (AvgIpc) is 3.09. The number of nitrogens with two attached hydrogens (primary N) is 2. The number of nitrogens with one attached hydrogen (secondary N) is 1. The Labute approximate surface area is 324 Å². The van der Waals surface area contributed by atoms with Gasteiger partial charge in [0.05, 0.1) is 12.6 Å². The van der Waals surface area contributed by atoms with Crippen LogP contribution in [0.3, 0.4) is 0 Å². The van der Waals surface area contributed by atoms with Crippen molar-refractivity contribution < 1.29 is 14.4 Å². The molecule has 1 amide bonds. The van der Waals surface area contributed by atoms with Crippen LogP contribution in [0.5, 0.6) is 0 Å². The van der Waals surface area contributed by atoms with Crippen molar-refractivity contribution in [2.75, 3.05) is 6.54 Å². The number of halogens is 3. The van der Waals surface area contributed by atoms with Gasteiger partial charge < -0.3 is 16.8 Å². The van der Waals surface area contributed by atoms with E-state index in [1.165, 1.54) is 19.3 Å². The lowest BCUT2D eigenvalue weighted by Crippen LogP contribution is -2.36. The van der Waals surface area contributed by atoms with E-state index in [1.54, 1.807) is 6.07 Å². The van der Waals surface area contributed by atoms with Gasteiger partial charge in [-0.25, -0.2) is 0 Å². The summed E-state index contributed by atoms with van der Waals surface area (Å²) in [7, 11) is 0. The monoisotopic (exact) mass is 763 g/mol. The van der Waals surface area contributed by atoms with Gasteiger partial charge in [0.2, 0.25) is 5.91 Å². The second-order valence-electron chi connectivity index (χ2n) is 15.8. The molecule has 8 atom stereocenters. The number of hydrogen-bond donors (Lipinski definition) is 3. The average molecular weight is 765 g/mol. The van der Waals surface area contributed by atoms with E-state index in [0.717, 1.165) is 30.4 Å². The van der Waals surface area contributed by atoms with Crippen LogP contribution in [0.15, 0.2) is 48.5 Å². The lowest BCUT2D eigenvalue weighted by atomic mass is 9.68. The number of ketones is 2. The van der Waals surface area contributed by atoms with Crippen LogP contribution in [-0.4, -0.2) is 24.0 Å². The van der Waals surface area contributed by atoms with Crippen LogP contribution in [0.25, 0.3) is 0 Å². The van der Waals surface area contributed by atoms with Crippen molar-refractivity contribution in [3.05, 3.63) is 69.7 Å². The molecule has 2 aromatic rings. The molecule has 2 aliphatic carbocycles. The Morgan fingerprint density at radius 2 is 1.16 bits per heavy atom. The molecule has 0 radical (unpaired) electrons. The number of rotatable bonds is 14. The smallest absolute Gasteiger partial charge is 0.234 e. The number of carbonyl (C=O) groups excluding carboxylic acids is 3. The van der Waals surface area contributed by atoms with Crippen molar-refractivity contribution in [3.8, 4) is 0 Å². The molecule has 0 aromatic heterocycles. The molecule has 0 saturated heterocycles. The first-order chi connectivity index (χ1) is 23.7. The van der Waals surface area contributed by atoms with Gasteiger partial charge in [0.25, 0.3) is 0 Å². The standard InChI is InChI=1S/C22H33ClN2O2.C20H30ClNO.ClH/c1-14(2)16-9-8-15(3)12-18(16)21(26)11-10-20(25-22(27)13-24)17-6-4-5-7-19(17)23;1-13(2)15-9-8-14(3)12-17(15)20(23)11-10-19(22)16-6-4-5-7-18(16)21;/h4-7,14-16,18,20H,8-13,24H2,1-3H3,(H,25,27);4-7,13-15,17,19H,8-12,22H2,1-3H3;1H/t15-,16+,18-,20-;14-,15+,17-,19-;/m11./s1. The molecule has 0 unspecified atom stereocenters. The summed E-state index contributed by atoms with van der Waals surface area (Å²) in [5.74, 6) is 4.19. The lowest BCUT2D eigenvalue weighted by molar-refractivity contribution is -0.128. The Balaban J connectivity index is 0.000000351. The van der Waals surface area contributed by atoms with Crippen molar-refractivity contribution in [1.29, 1.82) is 0 Å². The van der Waals surface area contributed by atoms with Gasteiger partial charge in [-0.3, -0.25) is 14.4 Å². The predicted octanol–water partition coefficient (Wildman–Crippen LogP) is 10.3. The molecule has 5 N–H and O–H groups in total. The maximum atomic E-state index is 13.1. The molecule has 51 heavy (non-hydrogen) atoms. The SMILES string of the molecule is CC(C)[C@@H]1CC[C@@H](C)C[C@H]1C(=O)CC[C@@H](N)c1ccccc1Cl.CC(C)[C@@H]1CC[C@@H](C)C[C@H]1C(=O)CC[C@@H](NC(=O)CN)c1ccccc1Cl.Cl. The summed E-state index contributed by atoms with van der Waals surface area (Å²) in [6, 6.07) is 14.7. The first-order valence-corrected chi connectivity index (χ1v) is 19.8. The molecule has 9 heteroatoms. The topological polar surface area (TPSA) is 115 Å². The van der Waals surface area contributed by atoms with E-state index < -0.39 is 0 Å². The molecule has 0 heterocycles. The van der Waals surface area contributed by atoms with Crippen molar-refractivity contribution in [1.82, 2.24) is 5.32 Å². The van der Waals surface area contributed by atoms with Gasteiger partial charge >= 0.3 is 0 Å². The third-order valence-electron chi connectivity index (χ3n) is 11.4. The number of hydrogen-bond acceptors (Lipinski definition) is 5. The van der Waals surface area contributed by atoms with E-state index in [1.807, 2.05) is 42.5 Å². The van der Waals surface area contributed by atoms with Crippen LogP contribution >= 0.6 is 35.6 Å². The molecule has 2 aromatic carbocycles. The highest BCUT2D eigenvalue weighted by Gasteiger charge is 2.36. The Morgan fingerprint density at radius 3 is 1.59 bits per heavy atom. The summed E-state index contributed by atoms with van der Waals surface area (Å²) >= 11 is 12.5. The highest BCUT2D eigenvalue weighted by molar-refractivity contribution is 6.31. The van der Waals surface area contributed by atoms with Crippen LogP contribution < -0.4 is 16.8 Å². The largest absolute Gasteiger partial charge is 0.348 e. The zero-order valence-electron chi connectivity index (χ0n) is 31.7. The Hall–Kier alpha value is -1.96. The molecule has 2 aliphatic rings. The molecule has 2 saturated carbocycles. The summed E-state index contributed by atoms with van der Waals surface area (Å²) in [4.78, 5) is 37.7. The van der Waals surface area contributed by atoms with Gasteiger partial charge in [-0.2, -0.15) is 0 Å². The minimum absolute atomic E-state index is 0. The molecular formula is C42H64Cl3N3O3. The normalized spacial score (nSPS) is 24.5. The third kappa shape index (κ3) is 13.8. The van der Waals surface area contributed by atoms with E-state index in [9.17, 15) is 14.4 Å². The maximum Gasteiger partial charge on any atom is 0.234 e. The fourth-order valence-corrected chi connectivity index (χ4v) is 8.89. The minimum atomic E-state index is -0.294. The molecule has 0 bridgehead atoms. The van der Waals surface area contributed by atoms with E-state index in [4.69, 9.17) is 34.7 Å². The molecular weight excluding hydrogens is 701 g/mol. The predicted molar refractivity (Wildman–Crippen MR) is 215 cm³/mol. The molecule has 0 spiro atoms. The fourth-order valence-electron chi connectivity index (χ4n) is 8.35. The van der Waals surface area contributed by atoms with Gasteiger partial charge in [0, 0.05) is 40.8 Å². The van der Waals surface area contributed by atoms with Crippen molar-refractivity contribution >= 4 is 53.1 Å². The highest BCUT2D eigenvalue weighted by Crippen LogP contribution is 2.41. The van der Waals surface area contributed by atoms with Crippen molar-refractivity contribution in [2.45, 2.75) is 118 Å². The Bertz CT molecular complexity index is 1390. The Morgan fingerprint density at radius 1 is 0.725 bits per heavy atom. The summed E-state index contributed by atoms with van der Waals surface area (Å²) in [6.07, 6.45) is 9.04. The van der Waals surface area contributed by atoms with Gasteiger partial charge in [0.15, 0.2) is 0 Å². The van der Waals surface area contributed by atoms with Crippen LogP contribution in [0, 0.1) is 47.3 Å². The second kappa shape index (κ2) is 22.3.